The molecule has 1 saturated carbocycles. The molecule has 158 valence electrons. The van der Waals surface area contributed by atoms with Crippen LogP contribution in [0.5, 0.6) is 0 Å². The van der Waals surface area contributed by atoms with Crippen molar-refractivity contribution < 1.29 is 19.1 Å². The van der Waals surface area contributed by atoms with Gasteiger partial charge in [-0.15, -0.1) is 0 Å². The van der Waals surface area contributed by atoms with Crippen LogP contribution in [0, 0.1) is 11.8 Å². The van der Waals surface area contributed by atoms with Gasteiger partial charge in [0.15, 0.2) is 0 Å². The van der Waals surface area contributed by atoms with Gasteiger partial charge in [-0.1, -0.05) is 55.0 Å². The molecule has 7 rings (SSSR count). The lowest BCUT2D eigenvalue weighted by molar-refractivity contribution is -0.157. The van der Waals surface area contributed by atoms with Gasteiger partial charge >= 0.3 is 5.97 Å². The highest BCUT2D eigenvalue weighted by atomic mass is 16.5. The van der Waals surface area contributed by atoms with Crippen molar-refractivity contribution in [1.29, 1.82) is 0 Å². The van der Waals surface area contributed by atoms with Crippen LogP contribution < -0.4 is 0 Å². The fourth-order valence-corrected chi connectivity index (χ4v) is 6.43. The monoisotopic (exact) mass is 415 g/mol. The zero-order valence-electron chi connectivity index (χ0n) is 17.3. The van der Waals surface area contributed by atoms with Crippen LogP contribution in [0.15, 0.2) is 48.5 Å². The molecule has 5 aliphatic rings. The largest absolute Gasteiger partial charge is 0.461 e. The van der Waals surface area contributed by atoms with E-state index < -0.39 is 17.8 Å². The standard InChI is InChI=1S/C26H25NO4/c28-20(31-15-8-2-1-3-9-15)14-27-25(29)23-21-16-10-4-5-11-17(16)22(24(23)26(27)30)19-13-7-6-12-18(19)21/h4-7,10-13,15,21-24H,1-3,8-9,14H2/t21?,22?,23-,24-/m0/s1. The fraction of sp³-hybridized carbons (Fsp3) is 0.423. The topological polar surface area (TPSA) is 63.7 Å². The zero-order valence-corrected chi connectivity index (χ0v) is 17.3. The second-order valence-electron chi connectivity index (χ2n) is 9.28. The van der Waals surface area contributed by atoms with Crippen molar-refractivity contribution >= 4 is 17.8 Å². The van der Waals surface area contributed by atoms with Crippen LogP contribution in [-0.2, 0) is 19.1 Å². The summed E-state index contributed by atoms with van der Waals surface area (Å²) in [5, 5.41) is 0. The molecule has 2 bridgehead atoms. The van der Waals surface area contributed by atoms with Gasteiger partial charge in [0.25, 0.3) is 0 Å². The van der Waals surface area contributed by atoms with Crippen LogP contribution in [0.25, 0.3) is 0 Å². The van der Waals surface area contributed by atoms with E-state index in [9.17, 15) is 14.4 Å². The number of amides is 2. The predicted octanol–water partition coefficient (Wildman–Crippen LogP) is 3.75. The van der Waals surface area contributed by atoms with Crippen molar-refractivity contribution in [1.82, 2.24) is 4.90 Å². The van der Waals surface area contributed by atoms with E-state index in [0.29, 0.717) is 0 Å². The number of nitrogens with zero attached hydrogens (tertiary/aromatic N) is 1. The normalized spacial score (nSPS) is 28.8. The summed E-state index contributed by atoms with van der Waals surface area (Å²) in [7, 11) is 0. The van der Waals surface area contributed by atoms with Gasteiger partial charge in [-0.3, -0.25) is 19.3 Å². The zero-order chi connectivity index (χ0) is 21.1. The SMILES string of the molecule is O=C(CN1C(=O)[C@H]2C3c4ccccc4C(c4ccccc43)[C@@H]2C1=O)OC1CCCCC1. The maximum atomic E-state index is 13.5. The first-order valence-corrected chi connectivity index (χ1v) is 11.4. The van der Waals surface area contributed by atoms with E-state index in [0.717, 1.165) is 47.9 Å². The van der Waals surface area contributed by atoms with Gasteiger partial charge in [0.2, 0.25) is 11.8 Å². The molecular weight excluding hydrogens is 390 g/mol. The summed E-state index contributed by atoms with van der Waals surface area (Å²) in [5.41, 5.74) is 4.56. The maximum absolute atomic E-state index is 13.5. The molecule has 5 heteroatoms. The van der Waals surface area contributed by atoms with Gasteiger partial charge in [0.1, 0.15) is 12.6 Å². The van der Waals surface area contributed by atoms with Crippen molar-refractivity contribution in [2.75, 3.05) is 6.54 Å². The molecular formula is C26H25NO4. The molecule has 5 nitrogen and oxygen atoms in total. The van der Waals surface area contributed by atoms with Gasteiger partial charge in [0, 0.05) is 11.8 Å². The second kappa shape index (κ2) is 7.04. The Balaban J connectivity index is 1.33. The minimum atomic E-state index is -0.463. The minimum absolute atomic E-state index is 0.0824. The van der Waals surface area contributed by atoms with Crippen LogP contribution in [0.4, 0.5) is 0 Å². The number of imide groups is 1. The lowest BCUT2D eigenvalue weighted by Crippen LogP contribution is -2.41. The van der Waals surface area contributed by atoms with Crippen LogP contribution in [0.2, 0.25) is 0 Å². The summed E-state index contributed by atoms with van der Waals surface area (Å²) in [6.07, 6.45) is 4.94. The number of esters is 1. The van der Waals surface area contributed by atoms with Crippen molar-refractivity contribution in [3.63, 3.8) is 0 Å². The lowest BCUT2D eigenvalue weighted by Gasteiger charge is -2.45. The molecule has 0 N–H and O–H groups in total. The Morgan fingerprint density at radius 1 is 0.774 bits per heavy atom. The molecule has 2 aromatic rings. The Kier molecular flexibility index (Phi) is 4.27. The number of benzene rings is 2. The first-order valence-electron chi connectivity index (χ1n) is 11.4. The van der Waals surface area contributed by atoms with E-state index in [2.05, 4.69) is 24.3 Å². The Bertz CT molecular complexity index is 971. The number of likely N-dealkylation sites (tertiary alicyclic amines) is 1. The van der Waals surface area contributed by atoms with E-state index in [1.807, 2.05) is 24.3 Å². The molecule has 0 spiro atoms. The molecule has 2 aromatic carbocycles. The van der Waals surface area contributed by atoms with Crippen molar-refractivity contribution in [2.24, 2.45) is 11.8 Å². The molecule has 31 heavy (non-hydrogen) atoms. The van der Waals surface area contributed by atoms with Crippen LogP contribution >= 0.6 is 0 Å². The third-order valence-corrected chi connectivity index (χ3v) is 7.68. The lowest BCUT2D eigenvalue weighted by atomic mass is 9.55. The Morgan fingerprint density at radius 2 is 1.23 bits per heavy atom. The van der Waals surface area contributed by atoms with Crippen LogP contribution in [0.3, 0.4) is 0 Å². The van der Waals surface area contributed by atoms with E-state index >= 15 is 0 Å². The molecule has 2 fully saturated rings. The fourth-order valence-electron chi connectivity index (χ4n) is 6.43. The summed E-state index contributed by atoms with van der Waals surface area (Å²) in [5.74, 6) is -2.08. The van der Waals surface area contributed by atoms with Gasteiger partial charge < -0.3 is 4.74 Å². The molecule has 2 amide bonds. The highest BCUT2D eigenvalue weighted by molar-refractivity contribution is 6.09. The van der Waals surface area contributed by atoms with E-state index in [-0.39, 0.29) is 36.3 Å². The van der Waals surface area contributed by atoms with E-state index in [1.54, 1.807) is 0 Å². The number of hydrogen-bond acceptors (Lipinski definition) is 4. The van der Waals surface area contributed by atoms with Crippen molar-refractivity contribution in [2.45, 2.75) is 50.0 Å². The van der Waals surface area contributed by atoms with Gasteiger partial charge in [0.05, 0.1) is 11.8 Å². The van der Waals surface area contributed by atoms with Gasteiger partial charge in [-0.05, 0) is 47.9 Å². The Morgan fingerprint density at radius 3 is 1.68 bits per heavy atom. The third kappa shape index (κ3) is 2.72. The van der Waals surface area contributed by atoms with E-state index in [1.165, 1.54) is 11.3 Å². The molecule has 0 unspecified atom stereocenters. The Hall–Kier alpha value is -2.95. The molecule has 1 saturated heterocycles. The maximum Gasteiger partial charge on any atom is 0.326 e. The predicted molar refractivity (Wildman–Crippen MR) is 113 cm³/mol. The number of rotatable bonds is 3. The summed E-state index contributed by atoms with van der Waals surface area (Å²) in [4.78, 5) is 40.8. The number of hydrogen-bond donors (Lipinski definition) is 0. The highest BCUT2D eigenvalue weighted by Gasteiger charge is 2.61. The summed E-state index contributed by atoms with van der Waals surface area (Å²) in [6.45, 7) is -0.271. The summed E-state index contributed by atoms with van der Waals surface area (Å²) >= 11 is 0. The highest BCUT2D eigenvalue weighted by Crippen LogP contribution is 2.60. The number of ether oxygens (including phenoxy) is 1. The smallest absolute Gasteiger partial charge is 0.326 e. The molecule has 1 aliphatic heterocycles. The molecule has 1 heterocycles. The molecule has 0 radical (unpaired) electrons. The second-order valence-corrected chi connectivity index (χ2v) is 9.28. The Labute approximate surface area is 181 Å². The molecule has 0 aromatic heterocycles. The van der Waals surface area contributed by atoms with Crippen LogP contribution in [0.1, 0.15) is 66.2 Å². The first-order chi connectivity index (χ1) is 15.1. The summed E-state index contributed by atoms with van der Waals surface area (Å²) in [6, 6.07) is 16.3. The average Bonchev–Trinajstić information content (AvgIpc) is 3.05. The van der Waals surface area contributed by atoms with Crippen molar-refractivity contribution in [3.8, 4) is 0 Å². The molecule has 2 atom stereocenters. The number of carbonyl (C=O) groups is 3. The molecule has 4 aliphatic carbocycles. The van der Waals surface area contributed by atoms with Crippen molar-refractivity contribution in [3.05, 3.63) is 70.8 Å². The van der Waals surface area contributed by atoms with E-state index in [4.69, 9.17) is 4.74 Å². The van der Waals surface area contributed by atoms with Crippen LogP contribution in [-0.4, -0.2) is 35.3 Å². The van der Waals surface area contributed by atoms with Gasteiger partial charge in [-0.25, -0.2) is 0 Å². The number of carbonyl (C=O) groups excluding carboxylic acids is 3. The van der Waals surface area contributed by atoms with Gasteiger partial charge in [-0.2, -0.15) is 0 Å². The summed E-state index contributed by atoms with van der Waals surface area (Å²) < 4.78 is 5.61. The first kappa shape index (κ1) is 18.8. The quantitative estimate of drug-likeness (QED) is 0.566. The average molecular weight is 415 g/mol. The third-order valence-electron chi connectivity index (χ3n) is 7.68. The minimum Gasteiger partial charge on any atom is -0.461 e.